The lowest BCUT2D eigenvalue weighted by atomic mass is 9.92. The van der Waals surface area contributed by atoms with Crippen LogP contribution in [0.3, 0.4) is 0 Å². The van der Waals surface area contributed by atoms with Crippen LogP contribution in [0, 0.1) is 11.3 Å². The molecule has 132 valence electrons. The third-order valence-electron chi connectivity index (χ3n) is 5.09. The summed E-state index contributed by atoms with van der Waals surface area (Å²) in [6.45, 7) is 0. The monoisotopic (exact) mass is 346 g/mol. The van der Waals surface area contributed by atoms with Gasteiger partial charge in [0, 0.05) is 29.9 Å². The Bertz CT molecular complexity index is 946. The fourth-order valence-electron chi connectivity index (χ4n) is 3.67. The zero-order valence-corrected chi connectivity index (χ0v) is 14.6. The maximum Gasteiger partial charge on any atom is 0.224 e. The van der Waals surface area contributed by atoms with E-state index in [1.54, 1.807) is 6.20 Å². The van der Waals surface area contributed by atoms with Gasteiger partial charge in [-0.1, -0.05) is 12.1 Å². The van der Waals surface area contributed by atoms with Gasteiger partial charge in [0.1, 0.15) is 5.82 Å². The highest BCUT2D eigenvalue weighted by Gasteiger charge is 2.19. The van der Waals surface area contributed by atoms with Gasteiger partial charge in [-0.3, -0.25) is 0 Å². The largest absolute Gasteiger partial charge is 0.351 e. The Morgan fingerprint density at radius 2 is 2.04 bits per heavy atom. The Hall–Kier alpha value is -2.91. The van der Waals surface area contributed by atoms with Crippen LogP contribution in [0.2, 0.25) is 0 Å². The molecule has 6 nitrogen and oxygen atoms in total. The maximum absolute atomic E-state index is 9.02. The van der Waals surface area contributed by atoms with Crippen LogP contribution >= 0.6 is 0 Å². The normalized spacial score (nSPS) is 20.0. The molecule has 6 heteroatoms. The summed E-state index contributed by atoms with van der Waals surface area (Å²) in [6.07, 6.45) is 8.38. The van der Waals surface area contributed by atoms with Crippen LogP contribution in [0.4, 0.5) is 5.95 Å². The Morgan fingerprint density at radius 3 is 2.85 bits per heavy atom. The molecule has 1 aliphatic carbocycles. The third-order valence-corrected chi connectivity index (χ3v) is 5.09. The van der Waals surface area contributed by atoms with Gasteiger partial charge in [0.2, 0.25) is 5.95 Å². The highest BCUT2D eigenvalue weighted by molar-refractivity contribution is 5.85. The molecule has 1 aliphatic rings. The Morgan fingerprint density at radius 1 is 1.19 bits per heavy atom. The van der Waals surface area contributed by atoms with E-state index in [9.17, 15) is 0 Å². The fourth-order valence-corrected chi connectivity index (χ4v) is 3.67. The van der Waals surface area contributed by atoms with E-state index >= 15 is 0 Å². The summed E-state index contributed by atoms with van der Waals surface area (Å²) < 4.78 is 2.04. The van der Waals surface area contributed by atoms with Crippen molar-refractivity contribution < 1.29 is 0 Å². The number of nitrogens with one attached hydrogen (secondary N) is 1. The summed E-state index contributed by atoms with van der Waals surface area (Å²) in [5.74, 6) is 1.47. The molecule has 2 heterocycles. The predicted molar refractivity (Wildman–Crippen MR) is 102 cm³/mol. The van der Waals surface area contributed by atoms with E-state index in [1.807, 2.05) is 41.1 Å². The van der Waals surface area contributed by atoms with Gasteiger partial charge in [-0.2, -0.15) is 10.2 Å². The quantitative estimate of drug-likeness (QED) is 0.757. The number of hydrogen-bond donors (Lipinski definition) is 2. The second kappa shape index (κ2) is 7.14. The first-order valence-corrected chi connectivity index (χ1v) is 9.06. The number of nitriles is 1. The smallest absolute Gasteiger partial charge is 0.224 e. The van der Waals surface area contributed by atoms with E-state index in [0.717, 1.165) is 48.0 Å². The number of rotatable bonds is 4. The molecule has 0 bridgehead atoms. The number of nitrogens with two attached hydrogens (primary N) is 1. The van der Waals surface area contributed by atoms with Crippen LogP contribution in [-0.2, 0) is 6.42 Å². The number of benzene rings is 1. The maximum atomic E-state index is 9.02. The van der Waals surface area contributed by atoms with Crippen molar-refractivity contribution in [2.75, 3.05) is 5.32 Å². The number of nitrogens with zero attached hydrogens (tertiary/aromatic N) is 4. The molecule has 2 aromatic heterocycles. The zero-order chi connectivity index (χ0) is 17.9. The lowest BCUT2D eigenvalue weighted by Crippen LogP contribution is -2.33. The molecule has 0 radical (unpaired) electrons. The minimum atomic E-state index is 0.328. The van der Waals surface area contributed by atoms with Crippen molar-refractivity contribution in [1.82, 2.24) is 14.5 Å². The van der Waals surface area contributed by atoms with Gasteiger partial charge in [0.05, 0.1) is 18.0 Å². The molecule has 3 N–H and O–H groups in total. The standard InChI is InChI=1S/C20H22N6/c21-11-8-14-2-1-3-18-17(14)10-13-26(18)19-9-12-23-20(25-19)24-16-6-4-15(22)5-7-16/h1-3,9-10,12-13,15-16H,4-8,22H2,(H,23,24,25). The Balaban J connectivity index is 1.62. The summed E-state index contributed by atoms with van der Waals surface area (Å²) in [4.78, 5) is 9.08. The summed E-state index contributed by atoms with van der Waals surface area (Å²) in [5.41, 5.74) is 8.07. The molecule has 4 rings (SSSR count). The first kappa shape index (κ1) is 16.6. The van der Waals surface area contributed by atoms with Crippen molar-refractivity contribution in [2.45, 2.75) is 44.2 Å². The molecule has 26 heavy (non-hydrogen) atoms. The van der Waals surface area contributed by atoms with Crippen molar-refractivity contribution in [3.63, 3.8) is 0 Å². The second-order valence-corrected chi connectivity index (χ2v) is 6.87. The van der Waals surface area contributed by atoms with Gasteiger partial charge in [0.15, 0.2) is 0 Å². The van der Waals surface area contributed by atoms with E-state index in [2.05, 4.69) is 16.4 Å². The van der Waals surface area contributed by atoms with E-state index in [1.165, 1.54) is 0 Å². The lowest BCUT2D eigenvalue weighted by Gasteiger charge is -2.26. The average Bonchev–Trinajstić information content (AvgIpc) is 3.09. The van der Waals surface area contributed by atoms with Crippen molar-refractivity contribution in [3.8, 4) is 11.9 Å². The molecule has 1 fully saturated rings. The van der Waals surface area contributed by atoms with Gasteiger partial charge in [-0.15, -0.1) is 0 Å². The highest BCUT2D eigenvalue weighted by Crippen LogP contribution is 2.24. The molecule has 3 aromatic rings. The topological polar surface area (TPSA) is 92.5 Å². The van der Waals surface area contributed by atoms with Crippen molar-refractivity contribution in [3.05, 3.63) is 48.3 Å². The van der Waals surface area contributed by atoms with E-state index in [-0.39, 0.29) is 0 Å². The second-order valence-electron chi connectivity index (χ2n) is 6.87. The van der Waals surface area contributed by atoms with Gasteiger partial charge >= 0.3 is 0 Å². The molecule has 1 saturated carbocycles. The van der Waals surface area contributed by atoms with Crippen molar-refractivity contribution in [2.24, 2.45) is 5.73 Å². The summed E-state index contributed by atoms with van der Waals surface area (Å²) in [5, 5.41) is 13.6. The lowest BCUT2D eigenvalue weighted by molar-refractivity contribution is 0.410. The minimum Gasteiger partial charge on any atom is -0.351 e. The van der Waals surface area contributed by atoms with Crippen LogP contribution in [0.25, 0.3) is 16.7 Å². The van der Waals surface area contributed by atoms with Crippen LogP contribution in [0.15, 0.2) is 42.7 Å². The third kappa shape index (κ3) is 3.26. The molecule has 0 aliphatic heterocycles. The van der Waals surface area contributed by atoms with Crippen LogP contribution < -0.4 is 11.1 Å². The first-order valence-electron chi connectivity index (χ1n) is 9.06. The number of anilines is 1. The fraction of sp³-hybridized carbons (Fsp3) is 0.350. The zero-order valence-electron chi connectivity index (χ0n) is 14.6. The summed E-state index contributed by atoms with van der Waals surface area (Å²) in [7, 11) is 0. The summed E-state index contributed by atoms with van der Waals surface area (Å²) in [6, 6.07) is 12.9. The van der Waals surface area contributed by atoms with Gasteiger partial charge in [-0.25, -0.2) is 4.98 Å². The van der Waals surface area contributed by atoms with Crippen molar-refractivity contribution >= 4 is 16.9 Å². The highest BCUT2D eigenvalue weighted by atomic mass is 15.2. The van der Waals surface area contributed by atoms with Gasteiger partial charge in [0.25, 0.3) is 0 Å². The minimum absolute atomic E-state index is 0.328. The van der Waals surface area contributed by atoms with Gasteiger partial charge < -0.3 is 15.6 Å². The first-order chi connectivity index (χ1) is 12.7. The van der Waals surface area contributed by atoms with Crippen LogP contribution in [0.5, 0.6) is 0 Å². The molecule has 0 atom stereocenters. The van der Waals surface area contributed by atoms with Crippen molar-refractivity contribution in [1.29, 1.82) is 5.26 Å². The SMILES string of the molecule is N#CCc1cccc2c1ccn2-c1ccnc(NC2CCC(N)CC2)n1. The average molecular weight is 346 g/mol. The molecule has 0 unspecified atom stereocenters. The Kier molecular flexibility index (Phi) is 4.55. The molecular weight excluding hydrogens is 324 g/mol. The van der Waals surface area contributed by atoms with Gasteiger partial charge in [-0.05, 0) is 49.4 Å². The predicted octanol–water partition coefficient (Wildman–Crippen LogP) is 3.17. The van der Waals surface area contributed by atoms with E-state index in [4.69, 9.17) is 16.0 Å². The summed E-state index contributed by atoms with van der Waals surface area (Å²) >= 11 is 0. The molecule has 1 aromatic carbocycles. The number of aromatic nitrogens is 3. The molecular formula is C20H22N6. The van der Waals surface area contributed by atoms with Crippen LogP contribution in [0.1, 0.15) is 31.2 Å². The molecule has 0 saturated heterocycles. The molecule has 0 amide bonds. The number of hydrogen-bond acceptors (Lipinski definition) is 5. The Labute approximate surface area is 152 Å². The van der Waals surface area contributed by atoms with Crippen LogP contribution in [-0.4, -0.2) is 26.6 Å². The number of fused-ring (bicyclic) bond motifs is 1. The van der Waals surface area contributed by atoms with E-state index < -0.39 is 0 Å². The molecule has 0 spiro atoms. The van der Waals surface area contributed by atoms with E-state index in [0.29, 0.717) is 24.5 Å².